The summed E-state index contributed by atoms with van der Waals surface area (Å²) in [4.78, 5) is 51.5. The summed E-state index contributed by atoms with van der Waals surface area (Å²) >= 11 is 1.44. The summed E-state index contributed by atoms with van der Waals surface area (Å²) in [5.41, 5.74) is 3.60. The highest BCUT2D eigenvalue weighted by atomic mass is 32.1. The number of carboxylic acid groups (broad SMARTS) is 1. The van der Waals surface area contributed by atoms with Crippen LogP contribution in [0.5, 0.6) is 0 Å². The molecule has 8 nitrogen and oxygen atoms in total. The second kappa shape index (κ2) is 12.3. The molecule has 3 aliphatic rings. The smallest absolute Gasteiger partial charge is 0.304 e. The van der Waals surface area contributed by atoms with Gasteiger partial charge in [-0.05, 0) is 48.8 Å². The van der Waals surface area contributed by atoms with Crippen LogP contribution in [0.3, 0.4) is 0 Å². The molecule has 9 heteroatoms. The number of anilines is 2. The summed E-state index contributed by atoms with van der Waals surface area (Å²) in [5.74, 6) is -0.145. The van der Waals surface area contributed by atoms with Gasteiger partial charge in [-0.3, -0.25) is 24.2 Å². The summed E-state index contributed by atoms with van der Waals surface area (Å²) in [7, 11) is 0. The molecule has 1 N–H and O–H groups in total. The van der Waals surface area contributed by atoms with Crippen molar-refractivity contribution in [2.45, 2.75) is 64.7 Å². The predicted octanol–water partition coefficient (Wildman–Crippen LogP) is 6.66. The zero-order valence-corrected chi connectivity index (χ0v) is 24.9. The van der Waals surface area contributed by atoms with Crippen molar-refractivity contribution >= 4 is 40.1 Å². The number of benzene rings is 1. The fourth-order valence-electron chi connectivity index (χ4n) is 7.14. The van der Waals surface area contributed by atoms with E-state index < -0.39 is 11.9 Å². The number of carbonyl (C=O) groups is 3. The number of aromatic nitrogens is 2. The van der Waals surface area contributed by atoms with E-state index in [2.05, 4.69) is 4.98 Å². The van der Waals surface area contributed by atoms with Crippen LogP contribution in [0.4, 0.5) is 10.9 Å². The van der Waals surface area contributed by atoms with E-state index in [0.29, 0.717) is 30.0 Å². The minimum Gasteiger partial charge on any atom is -0.481 e. The van der Waals surface area contributed by atoms with Crippen LogP contribution in [-0.4, -0.2) is 45.9 Å². The van der Waals surface area contributed by atoms with Crippen molar-refractivity contribution in [2.75, 3.05) is 22.9 Å². The molecule has 2 saturated heterocycles. The first-order valence-electron chi connectivity index (χ1n) is 15.3. The maximum absolute atomic E-state index is 14.0. The Labute approximate surface area is 250 Å². The summed E-state index contributed by atoms with van der Waals surface area (Å²) in [6, 6.07) is 11.9. The number of aliphatic carboxylic acids is 1. The molecular formula is C33H38N4O4S. The number of hydrogen-bond acceptors (Lipinski definition) is 6. The highest BCUT2D eigenvalue weighted by Gasteiger charge is 2.40. The predicted molar refractivity (Wildman–Crippen MR) is 164 cm³/mol. The summed E-state index contributed by atoms with van der Waals surface area (Å²) < 4.78 is 0. The third kappa shape index (κ3) is 5.71. The number of thiazole rings is 1. The molecule has 2 aromatic heterocycles. The van der Waals surface area contributed by atoms with Crippen molar-refractivity contribution in [1.82, 2.24) is 9.97 Å². The number of hydrogen-bond donors (Lipinski definition) is 1. The average molecular weight is 587 g/mol. The zero-order valence-electron chi connectivity index (χ0n) is 24.1. The van der Waals surface area contributed by atoms with Crippen molar-refractivity contribution < 1.29 is 19.5 Å². The molecule has 0 radical (unpaired) electrons. The number of pyridine rings is 1. The molecule has 3 atom stereocenters. The number of rotatable bonds is 7. The highest BCUT2D eigenvalue weighted by molar-refractivity contribution is 7.14. The van der Waals surface area contributed by atoms with Crippen LogP contribution in [0, 0.1) is 23.7 Å². The molecule has 1 saturated carbocycles. The number of amides is 2. The molecule has 6 rings (SSSR count). The Morgan fingerprint density at radius 2 is 1.69 bits per heavy atom. The first kappa shape index (κ1) is 28.5. The quantitative estimate of drug-likeness (QED) is 0.332. The van der Waals surface area contributed by atoms with Gasteiger partial charge in [-0.25, -0.2) is 9.97 Å². The van der Waals surface area contributed by atoms with Gasteiger partial charge in [-0.1, -0.05) is 63.3 Å². The SMILES string of the molecule is C[C@H]1CCN(c2ccc(-c3ccccc3-c3csc(N4CCCC[C@@H](C5CCCC5)[C@H](CC(=O)O)C4=O)n3)cn2)C1=O. The summed E-state index contributed by atoms with van der Waals surface area (Å²) in [6.45, 7) is 3.20. The Bertz CT molecular complexity index is 1450. The lowest BCUT2D eigenvalue weighted by Gasteiger charge is -2.35. The fraction of sp³-hybridized carbons (Fsp3) is 0.485. The van der Waals surface area contributed by atoms with Crippen LogP contribution < -0.4 is 9.80 Å². The molecule has 3 fully saturated rings. The second-order valence-corrected chi connectivity index (χ2v) is 12.9. The monoisotopic (exact) mass is 586 g/mol. The van der Waals surface area contributed by atoms with E-state index in [0.717, 1.165) is 60.9 Å². The summed E-state index contributed by atoms with van der Waals surface area (Å²) in [6.07, 6.45) is 9.85. The third-order valence-electron chi connectivity index (χ3n) is 9.40. The first-order chi connectivity index (χ1) is 20.4. The van der Waals surface area contributed by atoms with Crippen molar-refractivity contribution in [3.8, 4) is 22.4 Å². The first-order valence-corrected chi connectivity index (χ1v) is 16.1. The van der Waals surface area contributed by atoms with Crippen LogP contribution in [0.2, 0.25) is 0 Å². The third-order valence-corrected chi connectivity index (χ3v) is 10.3. The van der Waals surface area contributed by atoms with Gasteiger partial charge >= 0.3 is 5.97 Å². The van der Waals surface area contributed by atoms with Crippen molar-refractivity contribution in [2.24, 2.45) is 23.7 Å². The highest BCUT2D eigenvalue weighted by Crippen LogP contribution is 2.42. The van der Waals surface area contributed by atoms with Gasteiger partial charge in [-0.2, -0.15) is 0 Å². The van der Waals surface area contributed by atoms with Crippen molar-refractivity contribution in [3.05, 3.63) is 48.0 Å². The molecule has 2 amide bonds. The Kier molecular flexibility index (Phi) is 8.38. The maximum atomic E-state index is 14.0. The van der Waals surface area contributed by atoms with E-state index >= 15 is 0 Å². The molecule has 2 aliphatic heterocycles. The maximum Gasteiger partial charge on any atom is 0.304 e. The van der Waals surface area contributed by atoms with Crippen LogP contribution in [-0.2, 0) is 14.4 Å². The Hall–Kier alpha value is -3.59. The number of nitrogens with zero attached hydrogens (tertiary/aromatic N) is 4. The van der Waals surface area contributed by atoms with E-state index in [-0.39, 0.29) is 30.1 Å². The van der Waals surface area contributed by atoms with E-state index in [9.17, 15) is 19.5 Å². The fourth-order valence-corrected chi connectivity index (χ4v) is 7.99. The minimum absolute atomic E-state index is 0.0273. The minimum atomic E-state index is -0.908. The van der Waals surface area contributed by atoms with Crippen LogP contribution >= 0.6 is 11.3 Å². The van der Waals surface area contributed by atoms with Gasteiger partial charge in [0.2, 0.25) is 11.8 Å². The van der Waals surface area contributed by atoms with Gasteiger partial charge in [0.1, 0.15) is 5.82 Å². The lowest BCUT2D eigenvalue weighted by atomic mass is 9.74. The summed E-state index contributed by atoms with van der Waals surface area (Å²) in [5, 5.41) is 12.4. The molecular weight excluding hydrogens is 548 g/mol. The Morgan fingerprint density at radius 1 is 0.929 bits per heavy atom. The van der Waals surface area contributed by atoms with Gasteiger partial charge in [0, 0.05) is 41.7 Å². The van der Waals surface area contributed by atoms with Crippen molar-refractivity contribution in [1.29, 1.82) is 0 Å². The standard InChI is InChI=1S/C33H38N4O4S/c1-21-15-17-36(31(21)40)29-14-13-23(19-34-29)25-10-4-5-12-26(25)28-20-42-33(35-28)37-16-7-6-11-24(22-8-2-3-9-22)27(32(37)41)18-30(38)39/h4-5,10,12-14,19-22,24,27H,2-3,6-9,11,15-18H2,1H3,(H,38,39)/t21-,24-,27-/m0/s1. The van der Waals surface area contributed by atoms with Crippen LogP contribution in [0.1, 0.15) is 64.7 Å². The largest absolute Gasteiger partial charge is 0.481 e. The second-order valence-electron chi connectivity index (χ2n) is 12.0. The molecule has 1 aromatic carbocycles. The van der Waals surface area contributed by atoms with E-state index in [1.54, 1.807) is 16.0 Å². The van der Waals surface area contributed by atoms with Gasteiger partial charge < -0.3 is 5.11 Å². The molecule has 0 bridgehead atoms. The lowest BCUT2D eigenvalue weighted by molar-refractivity contribution is -0.142. The van der Waals surface area contributed by atoms with E-state index in [4.69, 9.17) is 4.98 Å². The van der Waals surface area contributed by atoms with Gasteiger partial charge in [0.15, 0.2) is 5.13 Å². The zero-order chi connectivity index (χ0) is 29.2. The molecule has 0 spiro atoms. The van der Waals surface area contributed by atoms with Gasteiger partial charge in [0.05, 0.1) is 18.0 Å². The van der Waals surface area contributed by atoms with Crippen LogP contribution in [0.25, 0.3) is 22.4 Å². The van der Waals surface area contributed by atoms with E-state index in [1.165, 1.54) is 24.2 Å². The number of carbonyl (C=O) groups excluding carboxylic acids is 2. The topological polar surface area (TPSA) is 104 Å². The number of carboxylic acids is 1. The lowest BCUT2D eigenvalue weighted by Crippen LogP contribution is -2.44. The molecule has 0 unspecified atom stereocenters. The molecule has 220 valence electrons. The van der Waals surface area contributed by atoms with E-state index in [1.807, 2.05) is 48.7 Å². The van der Waals surface area contributed by atoms with Gasteiger partial charge in [-0.15, -0.1) is 11.3 Å². The molecule has 1 aliphatic carbocycles. The van der Waals surface area contributed by atoms with Gasteiger partial charge in [0.25, 0.3) is 0 Å². The average Bonchev–Trinajstić information content (AvgIpc) is 3.76. The normalized spacial score (nSPS) is 23.8. The Morgan fingerprint density at radius 3 is 2.38 bits per heavy atom. The van der Waals surface area contributed by atoms with Crippen LogP contribution in [0.15, 0.2) is 48.0 Å². The molecule has 3 aromatic rings. The Balaban J connectivity index is 1.27. The molecule has 4 heterocycles. The molecule has 42 heavy (non-hydrogen) atoms. The van der Waals surface area contributed by atoms with Crippen molar-refractivity contribution in [3.63, 3.8) is 0 Å².